The van der Waals surface area contributed by atoms with Gasteiger partial charge in [0.1, 0.15) is 28.0 Å². The van der Waals surface area contributed by atoms with E-state index in [0.717, 1.165) is 32.6 Å². The van der Waals surface area contributed by atoms with E-state index in [4.69, 9.17) is 11.6 Å². The molecule has 2 aromatic carbocycles. The number of aromatic nitrogens is 1. The Labute approximate surface area is 189 Å². The van der Waals surface area contributed by atoms with E-state index in [-0.39, 0.29) is 0 Å². The SMILES string of the molecule is N#Cc1sccc1-c1c(-c2cccs2)n([S+]([O-])c2ccc(Cl)cc2)c2ccccc12. The van der Waals surface area contributed by atoms with Crippen LogP contribution < -0.4 is 0 Å². The third-order valence-electron chi connectivity index (χ3n) is 4.80. The summed E-state index contributed by atoms with van der Waals surface area (Å²) in [5, 5.41) is 15.2. The van der Waals surface area contributed by atoms with Crippen LogP contribution >= 0.6 is 34.3 Å². The molecule has 0 aliphatic rings. The third-order valence-corrected chi connectivity index (χ3v) is 8.14. The second kappa shape index (κ2) is 7.95. The minimum absolute atomic E-state index is 0.601. The fourth-order valence-corrected chi connectivity index (χ4v) is 6.45. The molecule has 0 radical (unpaired) electrons. The van der Waals surface area contributed by atoms with Crippen LogP contribution in [0.1, 0.15) is 4.88 Å². The summed E-state index contributed by atoms with van der Waals surface area (Å²) in [7, 11) is 0. The van der Waals surface area contributed by atoms with Crippen LogP contribution in [-0.2, 0) is 11.4 Å². The first-order valence-corrected chi connectivity index (χ1v) is 12.3. The first-order chi connectivity index (χ1) is 14.7. The van der Waals surface area contributed by atoms with Gasteiger partial charge in [0.15, 0.2) is 4.90 Å². The van der Waals surface area contributed by atoms with Crippen molar-refractivity contribution in [2.75, 3.05) is 0 Å². The van der Waals surface area contributed by atoms with Gasteiger partial charge in [-0.1, -0.05) is 35.9 Å². The largest absolute Gasteiger partial charge is 0.587 e. The molecule has 0 amide bonds. The van der Waals surface area contributed by atoms with Gasteiger partial charge in [0, 0.05) is 21.5 Å². The number of benzene rings is 2. The van der Waals surface area contributed by atoms with Gasteiger partial charge in [-0.05, 0) is 53.2 Å². The molecule has 0 fully saturated rings. The molecule has 0 saturated heterocycles. The van der Waals surface area contributed by atoms with Crippen molar-refractivity contribution < 1.29 is 4.55 Å². The van der Waals surface area contributed by atoms with Crippen LogP contribution in [0.5, 0.6) is 0 Å². The fourth-order valence-electron chi connectivity index (χ4n) is 3.54. The molecule has 30 heavy (non-hydrogen) atoms. The van der Waals surface area contributed by atoms with E-state index in [9.17, 15) is 9.81 Å². The standard InChI is InChI=1S/C23H13ClN2OS3/c24-15-7-9-16(10-8-15)30(27)26-19-5-2-1-4-17(19)22(18-11-13-29-21(18)14-25)23(26)20-6-3-12-28-20/h1-13H. The Balaban J connectivity index is 1.88. The van der Waals surface area contributed by atoms with Crippen LogP contribution in [0.3, 0.4) is 0 Å². The summed E-state index contributed by atoms with van der Waals surface area (Å²) in [6.07, 6.45) is 0. The lowest BCUT2D eigenvalue weighted by molar-refractivity contribution is 0.588. The van der Waals surface area contributed by atoms with Crippen molar-refractivity contribution in [1.82, 2.24) is 3.97 Å². The normalized spacial score (nSPS) is 12.2. The van der Waals surface area contributed by atoms with Crippen LogP contribution in [0.2, 0.25) is 5.02 Å². The summed E-state index contributed by atoms with van der Waals surface area (Å²) in [5.74, 6) is 0. The first kappa shape index (κ1) is 19.4. The molecule has 7 heteroatoms. The highest BCUT2D eigenvalue weighted by molar-refractivity contribution is 7.90. The highest BCUT2D eigenvalue weighted by Gasteiger charge is 2.29. The highest BCUT2D eigenvalue weighted by atomic mass is 35.5. The minimum Gasteiger partial charge on any atom is -0.587 e. The Hall–Kier alpha value is -2.53. The summed E-state index contributed by atoms with van der Waals surface area (Å²) >= 11 is 7.56. The number of para-hydroxylation sites is 1. The number of hydrogen-bond acceptors (Lipinski definition) is 4. The number of fused-ring (bicyclic) bond motifs is 1. The number of rotatable bonds is 4. The van der Waals surface area contributed by atoms with Gasteiger partial charge in [0.05, 0.1) is 10.4 Å². The van der Waals surface area contributed by atoms with Gasteiger partial charge >= 0.3 is 0 Å². The predicted octanol–water partition coefficient (Wildman–Crippen LogP) is 7.19. The Morgan fingerprint density at radius 1 is 0.933 bits per heavy atom. The smallest absolute Gasteiger partial charge is 0.180 e. The van der Waals surface area contributed by atoms with E-state index in [1.165, 1.54) is 11.3 Å². The summed E-state index contributed by atoms with van der Waals surface area (Å²) in [6, 6.07) is 23.3. The minimum atomic E-state index is -1.49. The topological polar surface area (TPSA) is 51.8 Å². The fraction of sp³-hybridized carbons (Fsp3) is 0. The molecule has 3 heterocycles. The third kappa shape index (κ3) is 3.16. The molecule has 3 nitrogen and oxygen atoms in total. The van der Waals surface area contributed by atoms with Gasteiger partial charge in [-0.25, -0.2) is 0 Å². The van der Waals surface area contributed by atoms with E-state index in [0.29, 0.717) is 14.8 Å². The zero-order valence-electron chi connectivity index (χ0n) is 15.4. The molecule has 0 spiro atoms. The Morgan fingerprint density at radius 2 is 1.73 bits per heavy atom. The molecule has 5 aromatic rings. The quantitative estimate of drug-likeness (QED) is 0.264. The monoisotopic (exact) mass is 464 g/mol. The Kier molecular flexibility index (Phi) is 5.15. The lowest BCUT2D eigenvalue weighted by Crippen LogP contribution is -2.14. The van der Waals surface area contributed by atoms with Crippen LogP contribution in [0.15, 0.2) is 82.4 Å². The Morgan fingerprint density at radius 3 is 2.47 bits per heavy atom. The van der Waals surface area contributed by atoms with E-state index in [2.05, 4.69) is 6.07 Å². The van der Waals surface area contributed by atoms with Crippen LogP contribution in [-0.4, -0.2) is 8.53 Å². The molecule has 0 bridgehead atoms. The molecule has 146 valence electrons. The van der Waals surface area contributed by atoms with Crippen molar-refractivity contribution in [3.05, 3.63) is 87.4 Å². The van der Waals surface area contributed by atoms with E-state index >= 15 is 0 Å². The molecule has 0 saturated carbocycles. The van der Waals surface area contributed by atoms with Gasteiger partial charge in [-0.15, -0.1) is 22.7 Å². The molecule has 0 aliphatic heterocycles. The number of hydrogen-bond donors (Lipinski definition) is 0. The highest BCUT2D eigenvalue weighted by Crippen LogP contribution is 2.45. The molecule has 5 rings (SSSR count). The maximum atomic E-state index is 13.8. The maximum Gasteiger partial charge on any atom is 0.180 e. The lowest BCUT2D eigenvalue weighted by Gasteiger charge is -2.15. The Bertz CT molecular complexity index is 1380. The molecule has 1 atom stereocenters. The summed E-state index contributed by atoms with van der Waals surface area (Å²) < 4.78 is 15.7. The average molecular weight is 465 g/mol. The first-order valence-electron chi connectivity index (χ1n) is 9.02. The van der Waals surface area contributed by atoms with Crippen molar-refractivity contribution >= 4 is 56.5 Å². The molecule has 3 aromatic heterocycles. The van der Waals surface area contributed by atoms with Crippen LogP contribution in [0.4, 0.5) is 0 Å². The number of thiophene rings is 2. The van der Waals surface area contributed by atoms with Gasteiger partial charge in [-0.3, -0.25) is 0 Å². The summed E-state index contributed by atoms with van der Waals surface area (Å²) in [4.78, 5) is 2.31. The van der Waals surface area contributed by atoms with Gasteiger partial charge in [-0.2, -0.15) is 9.23 Å². The maximum absolute atomic E-state index is 13.8. The summed E-state index contributed by atoms with van der Waals surface area (Å²) in [5.41, 5.74) is 3.52. The molecule has 1 unspecified atom stereocenters. The molecule has 0 aliphatic carbocycles. The van der Waals surface area contributed by atoms with Crippen molar-refractivity contribution in [2.45, 2.75) is 4.90 Å². The van der Waals surface area contributed by atoms with Crippen molar-refractivity contribution in [2.24, 2.45) is 0 Å². The zero-order valence-corrected chi connectivity index (χ0v) is 18.6. The van der Waals surface area contributed by atoms with E-state index < -0.39 is 11.4 Å². The van der Waals surface area contributed by atoms with Gasteiger partial charge in [0.2, 0.25) is 0 Å². The van der Waals surface area contributed by atoms with Crippen molar-refractivity contribution in [3.8, 4) is 27.8 Å². The number of nitriles is 1. The predicted molar refractivity (Wildman–Crippen MR) is 127 cm³/mol. The van der Waals surface area contributed by atoms with Crippen LogP contribution in [0, 0.1) is 11.3 Å². The van der Waals surface area contributed by atoms with Crippen LogP contribution in [0.25, 0.3) is 32.6 Å². The van der Waals surface area contributed by atoms with Gasteiger partial charge < -0.3 is 4.55 Å². The lowest BCUT2D eigenvalue weighted by atomic mass is 10.0. The molecule has 0 N–H and O–H groups in total. The second-order valence-electron chi connectivity index (χ2n) is 6.49. The van der Waals surface area contributed by atoms with E-state index in [1.807, 2.05) is 57.2 Å². The molecular formula is C23H13ClN2OS3. The number of nitrogens with zero attached hydrogens (tertiary/aromatic N) is 2. The molecular weight excluding hydrogens is 452 g/mol. The van der Waals surface area contributed by atoms with E-state index in [1.54, 1.807) is 35.6 Å². The van der Waals surface area contributed by atoms with Crippen molar-refractivity contribution in [3.63, 3.8) is 0 Å². The average Bonchev–Trinajstić information content (AvgIpc) is 3.51. The van der Waals surface area contributed by atoms with Crippen molar-refractivity contribution in [1.29, 1.82) is 5.26 Å². The van der Waals surface area contributed by atoms with Gasteiger partial charge in [0.25, 0.3) is 0 Å². The summed E-state index contributed by atoms with van der Waals surface area (Å²) in [6.45, 7) is 0. The number of halogens is 1. The zero-order chi connectivity index (χ0) is 20.7. The second-order valence-corrected chi connectivity index (χ2v) is 10.1.